The van der Waals surface area contributed by atoms with Crippen molar-refractivity contribution in [3.63, 3.8) is 0 Å². The summed E-state index contributed by atoms with van der Waals surface area (Å²) in [6, 6.07) is 15.7. The molecule has 2 amide bonds. The zero-order chi connectivity index (χ0) is 34.8. The molecular formula is C39H44N4O8. The van der Waals surface area contributed by atoms with Crippen LogP contribution in [-0.2, 0) is 44.4 Å². The van der Waals surface area contributed by atoms with Crippen molar-refractivity contribution in [2.24, 2.45) is 34.6 Å². The Morgan fingerprint density at radius 2 is 1.49 bits per heavy atom. The largest absolute Gasteiger partial charge is 0.384 e. The lowest BCUT2D eigenvalue weighted by Gasteiger charge is -2.42. The molecule has 0 radical (unpaired) electrons. The van der Waals surface area contributed by atoms with Gasteiger partial charge in [-0.2, -0.15) is 10.1 Å². The summed E-state index contributed by atoms with van der Waals surface area (Å²) in [6.07, 6.45) is 2.30. The number of ether oxygens (including phenoxy) is 2. The number of carbonyl (C=O) groups excluding carboxylic acids is 2. The Kier molecular flexibility index (Phi) is 6.17. The summed E-state index contributed by atoms with van der Waals surface area (Å²) in [4.78, 5) is 51.5. The van der Waals surface area contributed by atoms with E-state index in [1.165, 1.54) is 17.2 Å². The summed E-state index contributed by atoms with van der Waals surface area (Å²) in [5.74, 6) is 0.360. The van der Waals surface area contributed by atoms with Crippen LogP contribution in [0.5, 0.6) is 0 Å². The molecule has 2 saturated carbocycles. The van der Waals surface area contributed by atoms with Crippen LogP contribution < -0.4 is 10.1 Å². The van der Waals surface area contributed by atoms with E-state index in [0.717, 1.165) is 28.2 Å². The fraction of sp³-hybridized carbons (Fsp3) is 0.615. The maximum absolute atomic E-state index is 14.2. The van der Waals surface area contributed by atoms with Crippen LogP contribution in [0, 0.1) is 29.6 Å². The van der Waals surface area contributed by atoms with E-state index in [1.54, 1.807) is 7.11 Å². The second-order valence-electron chi connectivity index (χ2n) is 16.8. The highest BCUT2D eigenvalue weighted by Gasteiger charge is 2.80. The molecule has 51 heavy (non-hydrogen) atoms. The summed E-state index contributed by atoms with van der Waals surface area (Å²) >= 11 is 0. The number of aliphatic hydroxyl groups is 1. The Hall–Kier alpha value is -3.23. The first kappa shape index (κ1) is 31.3. The number of benzene rings is 2. The lowest BCUT2D eigenvalue weighted by molar-refractivity contribution is -0.139. The van der Waals surface area contributed by atoms with Crippen molar-refractivity contribution < 1.29 is 38.7 Å². The van der Waals surface area contributed by atoms with Gasteiger partial charge in [-0.3, -0.25) is 29.1 Å². The molecule has 2 spiro atoms. The van der Waals surface area contributed by atoms with Gasteiger partial charge in [-0.05, 0) is 62.3 Å². The van der Waals surface area contributed by atoms with Gasteiger partial charge in [0.2, 0.25) is 0 Å². The average Bonchev–Trinajstić information content (AvgIpc) is 3.68. The van der Waals surface area contributed by atoms with E-state index < -0.39 is 22.2 Å². The van der Waals surface area contributed by atoms with Gasteiger partial charge >= 0.3 is 0 Å². The molecule has 0 aromatic heterocycles. The summed E-state index contributed by atoms with van der Waals surface area (Å²) in [6.45, 7) is 5.21. The Morgan fingerprint density at radius 3 is 2.14 bits per heavy atom. The Bertz CT molecular complexity index is 1920. The van der Waals surface area contributed by atoms with Crippen molar-refractivity contribution in [1.29, 1.82) is 0 Å². The standard InChI is InChI=1S/C39H44N4O8/c1-20(39-26-14-32-38(17-30(43(39)51-39)23(26)19-50-32)25-10-6-8-12-29(25)42(48-4)35(38)45)15-36(2,46)33-21-13-31-37(16-27(40-33)22(21)18-49-31)24-9-5-7-11-28(24)41(47-3)34(37)44/h5-12,20-23,26-27,30-32,46H,13-19H2,1-4H3/t20-,21-,22+,23+,26-,27?,30+,31-,32-,36-,37+,38+,39+,43?/m1/s1. The summed E-state index contributed by atoms with van der Waals surface area (Å²) in [5.41, 5.74) is 0.926. The molecule has 12 nitrogen and oxygen atoms in total. The number of aliphatic imine (C=N–C) groups is 1. The van der Waals surface area contributed by atoms with E-state index in [0.29, 0.717) is 45.3 Å². The lowest BCUT2D eigenvalue weighted by atomic mass is 9.68. The van der Waals surface area contributed by atoms with Gasteiger partial charge < -0.3 is 14.6 Å². The monoisotopic (exact) mass is 696 g/mol. The number of para-hydroxylation sites is 2. The minimum atomic E-state index is -1.17. The molecule has 2 aromatic rings. The summed E-state index contributed by atoms with van der Waals surface area (Å²) < 4.78 is 13.1. The van der Waals surface area contributed by atoms with Crippen molar-refractivity contribution in [3.05, 3.63) is 59.7 Å². The number of hydrogen-bond donors (Lipinski definition) is 1. The fourth-order valence-electron chi connectivity index (χ4n) is 12.8. The number of hydrogen-bond acceptors (Lipinski definition) is 10. The van der Waals surface area contributed by atoms with Crippen LogP contribution in [0.2, 0.25) is 0 Å². The van der Waals surface area contributed by atoms with Crippen LogP contribution >= 0.6 is 0 Å². The minimum absolute atomic E-state index is 0.0106. The molecule has 268 valence electrons. The van der Waals surface area contributed by atoms with E-state index in [9.17, 15) is 14.7 Å². The third kappa shape index (κ3) is 3.54. The van der Waals surface area contributed by atoms with Crippen LogP contribution in [0.4, 0.5) is 11.4 Å². The van der Waals surface area contributed by atoms with Crippen molar-refractivity contribution in [2.45, 2.75) is 92.4 Å². The van der Waals surface area contributed by atoms with Crippen molar-refractivity contribution in [1.82, 2.24) is 5.06 Å². The van der Waals surface area contributed by atoms with E-state index in [1.807, 2.05) is 55.5 Å². The first-order valence-electron chi connectivity index (χ1n) is 18.6. The molecule has 2 aliphatic carbocycles. The van der Waals surface area contributed by atoms with Gasteiger partial charge in [-0.15, -0.1) is 5.06 Å². The highest BCUT2D eigenvalue weighted by atomic mass is 16.9. The van der Waals surface area contributed by atoms with Gasteiger partial charge in [0.15, 0.2) is 5.72 Å². The maximum Gasteiger partial charge on any atom is 0.264 e. The molecule has 2 unspecified atom stereocenters. The number of amides is 2. The Morgan fingerprint density at radius 1 is 0.902 bits per heavy atom. The third-order valence-corrected chi connectivity index (χ3v) is 14.8. The first-order chi connectivity index (χ1) is 24.6. The van der Waals surface area contributed by atoms with Crippen LogP contribution in [0.25, 0.3) is 0 Å². The van der Waals surface area contributed by atoms with E-state index in [2.05, 4.69) is 12.0 Å². The summed E-state index contributed by atoms with van der Waals surface area (Å²) in [7, 11) is 3.08. The molecule has 1 N–H and O–H groups in total. The minimum Gasteiger partial charge on any atom is -0.384 e. The fourth-order valence-corrected chi connectivity index (χ4v) is 12.8. The third-order valence-electron chi connectivity index (χ3n) is 14.8. The molecule has 9 aliphatic heterocycles. The van der Waals surface area contributed by atoms with Crippen molar-refractivity contribution in [2.75, 3.05) is 37.6 Å². The van der Waals surface area contributed by atoms with Gasteiger partial charge in [0, 0.05) is 41.3 Å². The topological polar surface area (TPSA) is 126 Å². The smallest absolute Gasteiger partial charge is 0.264 e. The zero-order valence-electron chi connectivity index (χ0n) is 29.4. The van der Waals surface area contributed by atoms with Gasteiger partial charge in [0.25, 0.3) is 11.8 Å². The predicted molar refractivity (Wildman–Crippen MR) is 182 cm³/mol. The van der Waals surface area contributed by atoms with Crippen LogP contribution in [0.15, 0.2) is 53.5 Å². The molecule has 12 heteroatoms. The number of carbonyl (C=O) groups is 2. The number of fused-ring (bicyclic) bond motifs is 5. The molecule has 14 atom stereocenters. The van der Waals surface area contributed by atoms with Crippen LogP contribution in [0.1, 0.15) is 57.1 Å². The second kappa shape index (κ2) is 10.0. The highest BCUT2D eigenvalue weighted by Crippen LogP contribution is 2.69. The molecular weight excluding hydrogens is 652 g/mol. The molecule has 8 fully saturated rings. The number of nitrogens with zero attached hydrogens (tertiary/aromatic N) is 4. The van der Waals surface area contributed by atoms with Crippen LogP contribution in [-0.4, -0.2) is 90.7 Å². The van der Waals surface area contributed by atoms with Crippen LogP contribution in [0.3, 0.4) is 0 Å². The highest BCUT2D eigenvalue weighted by molar-refractivity contribution is 6.08. The first-order valence-corrected chi connectivity index (χ1v) is 18.6. The zero-order valence-corrected chi connectivity index (χ0v) is 29.4. The van der Waals surface area contributed by atoms with E-state index >= 15 is 0 Å². The number of rotatable bonds is 6. The second-order valence-corrected chi connectivity index (χ2v) is 16.8. The Labute approximate surface area is 296 Å². The summed E-state index contributed by atoms with van der Waals surface area (Å²) in [5, 5.41) is 17.5. The predicted octanol–water partition coefficient (Wildman–Crippen LogP) is 3.45. The molecule has 13 rings (SSSR count). The van der Waals surface area contributed by atoms with Gasteiger partial charge in [-0.25, -0.2) is 0 Å². The molecule has 11 aliphatic rings. The molecule has 9 heterocycles. The molecule has 6 saturated heterocycles. The number of hydroxylamine groups is 4. The molecule has 8 bridgehead atoms. The SMILES string of the molecule is CON1C(=O)[C@@]2(CC3N=C([C@](C)(O)C[C@@H](C)[C@@]45ON4[C@H]4C[C@@]6(C(=O)N(OC)c7ccccc76)[C@H]6C[C@@H]5[C@@H]4CO6)[C@@H]4C[C@H]2OC[C@H]34)c2ccccc21. The van der Waals surface area contributed by atoms with Gasteiger partial charge in [0.1, 0.15) is 16.4 Å². The normalized spacial score (nSPS) is 45.1. The van der Waals surface area contributed by atoms with Crippen molar-refractivity contribution >= 4 is 28.9 Å². The van der Waals surface area contributed by atoms with Crippen molar-refractivity contribution in [3.8, 4) is 0 Å². The van der Waals surface area contributed by atoms with E-state index in [4.69, 9.17) is 29.0 Å². The van der Waals surface area contributed by atoms with Gasteiger partial charge in [0.05, 0.1) is 57.1 Å². The quantitative estimate of drug-likeness (QED) is 0.453. The maximum atomic E-state index is 14.2. The number of anilines is 2. The Balaban J connectivity index is 0.881. The molecule has 2 aromatic carbocycles. The van der Waals surface area contributed by atoms with E-state index in [-0.39, 0.29) is 65.7 Å². The van der Waals surface area contributed by atoms with Gasteiger partial charge in [-0.1, -0.05) is 43.3 Å². The average molecular weight is 697 g/mol. The lowest BCUT2D eigenvalue weighted by Crippen LogP contribution is -2.54.